The fourth-order valence-corrected chi connectivity index (χ4v) is 1.73. The summed E-state index contributed by atoms with van der Waals surface area (Å²) in [4.78, 5) is 6.60. The normalized spacial score (nSPS) is 12.5. The Morgan fingerprint density at radius 2 is 2.06 bits per heavy atom. The minimum absolute atomic E-state index is 0.435. The van der Waals surface area contributed by atoms with Gasteiger partial charge in [-0.05, 0) is 31.9 Å². The molecule has 0 aliphatic carbocycles. The molecule has 0 unspecified atom stereocenters. The molecule has 16 heavy (non-hydrogen) atoms. The van der Waals surface area contributed by atoms with E-state index in [1.807, 2.05) is 25.3 Å². The van der Waals surface area contributed by atoms with Crippen LogP contribution in [0.3, 0.4) is 0 Å². The zero-order valence-electron chi connectivity index (χ0n) is 10.5. The molecule has 1 N–H and O–H groups in total. The molecular weight excluding hydrogens is 200 g/mol. The summed E-state index contributed by atoms with van der Waals surface area (Å²) in [6.45, 7) is 8.31. The molecule has 0 saturated heterocycles. The predicted octanol–water partition coefficient (Wildman–Crippen LogP) is 2.76. The van der Waals surface area contributed by atoms with Gasteiger partial charge >= 0.3 is 0 Å². The number of pyridine rings is 1. The van der Waals surface area contributed by atoms with Gasteiger partial charge in [0.15, 0.2) is 0 Å². The summed E-state index contributed by atoms with van der Waals surface area (Å²) in [6.07, 6.45) is 3.26. The lowest BCUT2D eigenvalue weighted by Gasteiger charge is -2.22. The van der Waals surface area contributed by atoms with Gasteiger partial charge in [0.1, 0.15) is 0 Å². The average molecular weight is 222 g/mol. The second-order valence-electron chi connectivity index (χ2n) is 3.94. The van der Waals surface area contributed by atoms with Crippen molar-refractivity contribution in [2.24, 2.45) is 0 Å². The van der Waals surface area contributed by atoms with E-state index in [-0.39, 0.29) is 0 Å². The summed E-state index contributed by atoms with van der Waals surface area (Å²) in [6, 6.07) is 3.96. The van der Waals surface area contributed by atoms with Crippen LogP contribution in [0.5, 0.6) is 0 Å². The Morgan fingerprint density at radius 3 is 2.50 bits per heavy atom. The highest BCUT2D eigenvalue weighted by Crippen LogP contribution is 2.18. The highest BCUT2D eigenvalue weighted by atomic mass is 16.3. The highest BCUT2D eigenvalue weighted by molar-refractivity contribution is 5.44. The van der Waals surface area contributed by atoms with Crippen LogP contribution in [0.15, 0.2) is 18.3 Å². The van der Waals surface area contributed by atoms with Crippen molar-refractivity contribution in [2.45, 2.75) is 39.7 Å². The van der Waals surface area contributed by atoms with E-state index in [0.717, 1.165) is 30.9 Å². The van der Waals surface area contributed by atoms with Crippen LogP contribution in [0, 0.1) is 0 Å². The second kappa shape index (κ2) is 6.48. The summed E-state index contributed by atoms with van der Waals surface area (Å²) in [7, 11) is 0. The third-order valence-corrected chi connectivity index (χ3v) is 2.74. The first-order valence-electron chi connectivity index (χ1n) is 6.11. The molecule has 0 amide bonds. The molecular formula is C13H22N2O. The minimum atomic E-state index is -0.435. The number of aliphatic hydroxyl groups is 1. The van der Waals surface area contributed by atoms with Crippen molar-refractivity contribution >= 4 is 5.69 Å². The largest absolute Gasteiger partial charge is 0.387 e. The third-order valence-electron chi connectivity index (χ3n) is 2.74. The van der Waals surface area contributed by atoms with E-state index in [2.05, 4.69) is 23.7 Å². The zero-order valence-corrected chi connectivity index (χ0v) is 10.5. The van der Waals surface area contributed by atoms with E-state index >= 15 is 0 Å². The second-order valence-corrected chi connectivity index (χ2v) is 3.94. The van der Waals surface area contributed by atoms with Crippen LogP contribution in [-0.4, -0.2) is 23.2 Å². The Balaban J connectivity index is 2.76. The van der Waals surface area contributed by atoms with Crippen molar-refractivity contribution in [2.75, 3.05) is 18.0 Å². The molecule has 1 atom stereocenters. The van der Waals surface area contributed by atoms with Gasteiger partial charge in [-0.15, -0.1) is 0 Å². The van der Waals surface area contributed by atoms with E-state index in [4.69, 9.17) is 0 Å². The molecule has 0 aliphatic rings. The molecule has 1 aromatic rings. The molecule has 1 rings (SSSR count). The van der Waals surface area contributed by atoms with Gasteiger partial charge in [-0.3, -0.25) is 4.98 Å². The van der Waals surface area contributed by atoms with Gasteiger partial charge in [-0.25, -0.2) is 0 Å². The fourth-order valence-electron chi connectivity index (χ4n) is 1.73. The van der Waals surface area contributed by atoms with Crippen molar-refractivity contribution in [3.05, 3.63) is 24.0 Å². The van der Waals surface area contributed by atoms with Crippen molar-refractivity contribution in [1.29, 1.82) is 0 Å². The average Bonchev–Trinajstić information content (AvgIpc) is 2.35. The molecule has 90 valence electrons. The van der Waals surface area contributed by atoms with Crippen LogP contribution < -0.4 is 4.90 Å². The van der Waals surface area contributed by atoms with Crippen LogP contribution in [-0.2, 0) is 0 Å². The topological polar surface area (TPSA) is 36.4 Å². The zero-order chi connectivity index (χ0) is 12.0. The number of anilines is 1. The maximum atomic E-state index is 9.64. The molecule has 3 heteroatoms. The van der Waals surface area contributed by atoms with Crippen molar-refractivity contribution in [3.8, 4) is 0 Å². The highest BCUT2D eigenvalue weighted by Gasteiger charge is 2.08. The Hall–Kier alpha value is -1.09. The molecule has 3 nitrogen and oxygen atoms in total. The lowest BCUT2D eigenvalue weighted by atomic mass is 10.2. The van der Waals surface area contributed by atoms with Gasteiger partial charge in [-0.1, -0.05) is 13.8 Å². The number of nitrogens with zero attached hydrogens (tertiary/aromatic N) is 2. The van der Waals surface area contributed by atoms with E-state index in [1.54, 1.807) is 0 Å². The van der Waals surface area contributed by atoms with E-state index in [9.17, 15) is 5.11 Å². The standard InChI is InChI=1S/C13H22N2O/c1-4-9-15(6-3)11-7-8-12(14-10-11)13(16)5-2/h7-8,10,13,16H,4-6,9H2,1-3H3/t13-/m1/s1. The van der Waals surface area contributed by atoms with Gasteiger partial charge in [0.2, 0.25) is 0 Å². The number of hydrogen-bond acceptors (Lipinski definition) is 3. The number of aliphatic hydroxyl groups excluding tert-OH is 1. The van der Waals surface area contributed by atoms with Crippen LogP contribution in [0.1, 0.15) is 45.4 Å². The van der Waals surface area contributed by atoms with Gasteiger partial charge < -0.3 is 10.0 Å². The third kappa shape index (κ3) is 3.20. The first kappa shape index (κ1) is 13.0. The minimum Gasteiger partial charge on any atom is -0.387 e. The maximum absolute atomic E-state index is 9.64. The first-order valence-corrected chi connectivity index (χ1v) is 6.11. The summed E-state index contributed by atoms with van der Waals surface area (Å²) in [5.41, 5.74) is 1.90. The predicted molar refractivity (Wildman–Crippen MR) is 67.7 cm³/mol. The van der Waals surface area contributed by atoms with E-state index in [0.29, 0.717) is 6.42 Å². The van der Waals surface area contributed by atoms with Crippen molar-refractivity contribution < 1.29 is 5.11 Å². The Morgan fingerprint density at radius 1 is 1.31 bits per heavy atom. The Bertz CT molecular complexity index is 297. The molecule has 0 spiro atoms. The maximum Gasteiger partial charge on any atom is 0.0957 e. The fraction of sp³-hybridized carbons (Fsp3) is 0.615. The number of hydrogen-bond donors (Lipinski definition) is 1. The molecule has 0 bridgehead atoms. The Labute approximate surface area is 98.1 Å². The van der Waals surface area contributed by atoms with E-state index < -0.39 is 6.10 Å². The quantitative estimate of drug-likeness (QED) is 0.804. The number of rotatable bonds is 6. The molecule has 0 radical (unpaired) electrons. The van der Waals surface area contributed by atoms with Crippen LogP contribution in [0.25, 0.3) is 0 Å². The molecule has 0 saturated carbocycles. The van der Waals surface area contributed by atoms with Crippen molar-refractivity contribution in [3.63, 3.8) is 0 Å². The summed E-state index contributed by atoms with van der Waals surface area (Å²) >= 11 is 0. The smallest absolute Gasteiger partial charge is 0.0957 e. The lowest BCUT2D eigenvalue weighted by Crippen LogP contribution is -2.23. The molecule has 1 aromatic heterocycles. The van der Waals surface area contributed by atoms with Crippen LogP contribution in [0.4, 0.5) is 5.69 Å². The van der Waals surface area contributed by atoms with Crippen LogP contribution >= 0.6 is 0 Å². The first-order chi connectivity index (χ1) is 7.72. The van der Waals surface area contributed by atoms with Gasteiger partial charge in [0, 0.05) is 13.1 Å². The Kier molecular flexibility index (Phi) is 5.26. The van der Waals surface area contributed by atoms with Gasteiger partial charge in [0.25, 0.3) is 0 Å². The van der Waals surface area contributed by atoms with Gasteiger partial charge in [0.05, 0.1) is 23.7 Å². The summed E-state index contributed by atoms with van der Waals surface area (Å²) < 4.78 is 0. The van der Waals surface area contributed by atoms with Gasteiger partial charge in [-0.2, -0.15) is 0 Å². The lowest BCUT2D eigenvalue weighted by molar-refractivity contribution is 0.169. The molecule has 0 aliphatic heterocycles. The monoisotopic (exact) mass is 222 g/mol. The van der Waals surface area contributed by atoms with E-state index in [1.165, 1.54) is 0 Å². The number of aromatic nitrogens is 1. The van der Waals surface area contributed by atoms with Crippen molar-refractivity contribution in [1.82, 2.24) is 4.98 Å². The summed E-state index contributed by atoms with van der Waals surface area (Å²) in [5, 5.41) is 9.64. The molecule has 0 fully saturated rings. The molecule has 0 aromatic carbocycles. The molecule has 1 heterocycles. The van der Waals surface area contributed by atoms with Crippen LogP contribution in [0.2, 0.25) is 0 Å². The summed E-state index contributed by atoms with van der Waals surface area (Å²) in [5.74, 6) is 0. The SMILES string of the molecule is CCCN(CC)c1ccc([C@H](O)CC)nc1.